The quantitative estimate of drug-likeness (QED) is 0.835. The molecule has 5 heteroatoms. The van der Waals surface area contributed by atoms with Gasteiger partial charge in [-0.25, -0.2) is 9.97 Å². The van der Waals surface area contributed by atoms with Gasteiger partial charge in [-0.3, -0.25) is 0 Å². The van der Waals surface area contributed by atoms with Crippen LogP contribution in [0.25, 0.3) is 0 Å². The third-order valence-corrected chi connectivity index (χ3v) is 3.83. The maximum absolute atomic E-state index is 6.00. The maximum atomic E-state index is 6.00. The van der Waals surface area contributed by atoms with E-state index in [4.69, 9.17) is 11.6 Å². The van der Waals surface area contributed by atoms with Gasteiger partial charge in [0.05, 0.1) is 0 Å². The van der Waals surface area contributed by atoms with Crippen molar-refractivity contribution < 1.29 is 0 Å². The Morgan fingerprint density at radius 3 is 2.72 bits per heavy atom. The van der Waals surface area contributed by atoms with Crippen LogP contribution in [-0.2, 0) is 0 Å². The number of piperazine rings is 1. The minimum atomic E-state index is 0.342. The van der Waals surface area contributed by atoms with Gasteiger partial charge in [0.1, 0.15) is 5.82 Å². The van der Waals surface area contributed by atoms with Gasteiger partial charge in [-0.1, -0.05) is 13.8 Å². The number of halogens is 1. The third-order valence-electron chi connectivity index (χ3n) is 3.66. The second-order valence-corrected chi connectivity index (χ2v) is 5.57. The van der Waals surface area contributed by atoms with Gasteiger partial charge in [-0.05, 0) is 31.4 Å². The van der Waals surface area contributed by atoms with Crippen LogP contribution >= 0.6 is 11.6 Å². The van der Waals surface area contributed by atoms with Crippen molar-refractivity contribution in [1.82, 2.24) is 15.3 Å². The number of anilines is 1. The lowest BCUT2D eigenvalue weighted by Crippen LogP contribution is -2.54. The Morgan fingerprint density at radius 2 is 2.06 bits per heavy atom. The molecule has 0 aromatic carbocycles. The van der Waals surface area contributed by atoms with Crippen LogP contribution in [0.4, 0.5) is 5.82 Å². The largest absolute Gasteiger partial charge is 0.350 e. The summed E-state index contributed by atoms with van der Waals surface area (Å²) in [6.07, 6.45) is 0. The predicted molar refractivity (Wildman–Crippen MR) is 75.4 cm³/mol. The molecule has 2 rings (SSSR count). The zero-order chi connectivity index (χ0) is 13.3. The molecule has 1 N–H and O–H groups in total. The maximum Gasteiger partial charge on any atom is 0.224 e. The summed E-state index contributed by atoms with van der Waals surface area (Å²) in [4.78, 5) is 11.0. The van der Waals surface area contributed by atoms with Gasteiger partial charge < -0.3 is 10.2 Å². The molecular weight excluding hydrogens is 248 g/mol. The van der Waals surface area contributed by atoms with Crippen molar-refractivity contribution in [3.05, 3.63) is 16.5 Å². The fourth-order valence-corrected chi connectivity index (χ4v) is 2.65. The molecule has 1 aliphatic rings. The number of hydrogen-bond donors (Lipinski definition) is 1. The van der Waals surface area contributed by atoms with Gasteiger partial charge in [0.15, 0.2) is 0 Å². The van der Waals surface area contributed by atoms with Crippen LogP contribution < -0.4 is 10.2 Å². The molecule has 0 amide bonds. The lowest BCUT2D eigenvalue weighted by Gasteiger charge is -2.40. The number of rotatable bonds is 2. The number of aryl methyl sites for hydroxylation is 1. The standard InChI is InChI=1S/C13H21ClN4/c1-8(2)11-7-15-5-6-18(11)12-9(3)10(4)16-13(14)17-12/h8,11,15H,5-7H2,1-4H3/t11-/m1/s1. The van der Waals surface area contributed by atoms with Gasteiger partial charge in [0.2, 0.25) is 5.28 Å². The molecular formula is C13H21ClN4. The second-order valence-electron chi connectivity index (χ2n) is 5.24. The highest BCUT2D eigenvalue weighted by atomic mass is 35.5. The number of nitrogens with one attached hydrogen (secondary N) is 1. The Hall–Kier alpha value is -0.870. The zero-order valence-corrected chi connectivity index (χ0v) is 12.3. The molecule has 0 aliphatic carbocycles. The average molecular weight is 269 g/mol. The molecule has 0 radical (unpaired) electrons. The van der Waals surface area contributed by atoms with Crippen LogP contribution in [0.2, 0.25) is 5.28 Å². The molecule has 0 unspecified atom stereocenters. The van der Waals surface area contributed by atoms with Crippen molar-refractivity contribution in [1.29, 1.82) is 0 Å². The van der Waals surface area contributed by atoms with Gasteiger partial charge >= 0.3 is 0 Å². The monoisotopic (exact) mass is 268 g/mol. The van der Waals surface area contributed by atoms with Crippen LogP contribution in [0, 0.1) is 19.8 Å². The van der Waals surface area contributed by atoms with E-state index in [1.54, 1.807) is 0 Å². The SMILES string of the molecule is Cc1nc(Cl)nc(N2CCNC[C@@H]2C(C)C)c1C. The minimum absolute atomic E-state index is 0.342. The topological polar surface area (TPSA) is 41.1 Å². The Bertz CT molecular complexity index is 433. The molecule has 1 saturated heterocycles. The van der Waals surface area contributed by atoms with E-state index in [1.165, 1.54) is 0 Å². The van der Waals surface area contributed by atoms with E-state index < -0.39 is 0 Å². The van der Waals surface area contributed by atoms with Crippen LogP contribution in [0.1, 0.15) is 25.1 Å². The van der Waals surface area contributed by atoms with Crippen LogP contribution in [0.5, 0.6) is 0 Å². The Labute approximate surface area is 114 Å². The molecule has 2 heterocycles. The first-order chi connectivity index (χ1) is 8.50. The van der Waals surface area contributed by atoms with Crippen molar-refractivity contribution in [2.24, 2.45) is 5.92 Å². The zero-order valence-electron chi connectivity index (χ0n) is 11.5. The van der Waals surface area contributed by atoms with E-state index in [0.717, 1.165) is 36.7 Å². The van der Waals surface area contributed by atoms with E-state index >= 15 is 0 Å². The minimum Gasteiger partial charge on any atom is -0.350 e. The Morgan fingerprint density at radius 1 is 1.33 bits per heavy atom. The molecule has 1 fully saturated rings. The highest BCUT2D eigenvalue weighted by Gasteiger charge is 2.27. The molecule has 100 valence electrons. The highest BCUT2D eigenvalue weighted by Crippen LogP contribution is 2.26. The first-order valence-corrected chi connectivity index (χ1v) is 6.86. The smallest absolute Gasteiger partial charge is 0.224 e. The fraction of sp³-hybridized carbons (Fsp3) is 0.692. The Balaban J connectivity index is 2.39. The molecule has 4 nitrogen and oxygen atoms in total. The fourth-order valence-electron chi connectivity index (χ4n) is 2.44. The summed E-state index contributed by atoms with van der Waals surface area (Å²) in [5, 5.41) is 3.79. The molecule has 0 bridgehead atoms. The molecule has 18 heavy (non-hydrogen) atoms. The number of hydrogen-bond acceptors (Lipinski definition) is 4. The summed E-state index contributed by atoms with van der Waals surface area (Å²) in [6.45, 7) is 11.5. The van der Waals surface area contributed by atoms with Crippen LogP contribution in [0.3, 0.4) is 0 Å². The third kappa shape index (κ3) is 2.59. The van der Waals surface area contributed by atoms with Gasteiger partial charge in [-0.15, -0.1) is 0 Å². The van der Waals surface area contributed by atoms with Crippen molar-refractivity contribution in [3.8, 4) is 0 Å². The second kappa shape index (κ2) is 5.41. The lowest BCUT2D eigenvalue weighted by molar-refractivity contribution is 0.387. The molecule has 1 aromatic rings. The van der Waals surface area contributed by atoms with E-state index in [1.807, 2.05) is 6.92 Å². The van der Waals surface area contributed by atoms with E-state index in [2.05, 4.69) is 41.0 Å². The Kier molecular flexibility index (Phi) is 4.07. The van der Waals surface area contributed by atoms with Gasteiger partial charge in [-0.2, -0.15) is 0 Å². The normalized spacial score (nSPS) is 20.6. The van der Waals surface area contributed by atoms with Crippen LogP contribution in [-0.4, -0.2) is 35.6 Å². The van der Waals surface area contributed by atoms with Crippen LogP contribution in [0.15, 0.2) is 0 Å². The predicted octanol–water partition coefficient (Wildman–Crippen LogP) is 2.18. The number of nitrogens with zero attached hydrogens (tertiary/aromatic N) is 3. The van der Waals surface area contributed by atoms with Gasteiger partial charge in [0.25, 0.3) is 0 Å². The average Bonchev–Trinajstić information content (AvgIpc) is 2.33. The van der Waals surface area contributed by atoms with Crippen molar-refractivity contribution in [3.63, 3.8) is 0 Å². The van der Waals surface area contributed by atoms with Crippen molar-refractivity contribution in [2.45, 2.75) is 33.7 Å². The molecule has 0 saturated carbocycles. The first kappa shape index (κ1) is 13.6. The number of aromatic nitrogens is 2. The van der Waals surface area contributed by atoms with E-state index in [9.17, 15) is 0 Å². The summed E-state index contributed by atoms with van der Waals surface area (Å²) in [5.41, 5.74) is 2.10. The van der Waals surface area contributed by atoms with E-state index in [0.29, 0.717) is 17.2 Å². The summed E-state index contributed by atoms with van der Waals surface area (Å²) < 4.78 is 0. The summed E-state index contributed by atoms with van der Waals surface area (Å²) in [5.74, 6) is 1.57. The van der Waals surface area contributed by atoms with Crippen molar-refractivity contribution >= 4 is 17.4 Å². The first-order valence-electron chi connectivity index (χ1n) is 6.48. The molecule has 1 atom stereocenters. The molecule has 0 spiro atoms. The summed E-state index contributed by atoms with van der Waals surface area (Å²) in [7, 11) is 0. The van der Waals surface area contributed by atoms with Gasteiger partial charge in [0, 0.05) is 36.9 Å². The van der Waals surface area contributed by atoms with E-state index in [-0.39, 0.29) is 0 Å². The summed E-state index contributed by atoms with van der Waals surface area (Å²) in [6, 6.07) is 0.461. The summed E-state index contributed by atoms with van der Waals surface area (Å²) >= 11 is 6.00. The molecule has 1 aromatic heterocycles. The highest BCUT2D eigenvalue weighted by molar-refractivity contribution is 6.28. The van der Waals surface area contributed by atoms with Crippen molar-refractivity contribution in [2.75, 3.05) is 24.5 Å². The lowest BCUT2D eigenvalue weighted by atomic mass is 10.00. The molecule has 1 aliphatic heterocycles.